The Labute approximate surface area is 102 Å². The van der Waals surface area contributed by atoms with Gasteiger partial charge in [-0.15, -0.1) is 0 Å². The number of rotatable bonds is 4. The van der Waals surface area contributed by atoms with E-state index >= 15 is 0 Å². The maximum absolute atomic E-state index is 5.56. The summed E-state index contributed by atoms with van der Waals surface area (Å²) in [6.07, 6.45) is 1.81. The molecule has 0 spiro atoms. The van der Waals surface area contributed by atoms with Gasteiger partial charge >= 0.3 is 0 Å². The van der Waals surface area contributed by atoms with Gasteiger partial charge in [0.15, 0.2) is 11.6 Å². The van der Waals surface area contributed by atoms with E-state index in [9.17, 15) is 0 Å². The summed E-state index contributed by atoms with van der Waals surface area (Å²) in [4.78, 5) is 9.05. The number of hydrogen-bond donors (Lipinski definition) is 1. The summed E-state index contributed by atoms with van der Waals surface area (Å²) in [5.41, 5.74) is 5.56. The zero-order chi connectivity index (χ0) is 12.1. The van der Waals surface area contributed by atoms with Gasteiger partial charge in [0, 0.05) is 45.5 Å². The molecule has 0 radical (unpaired) electrons. The molecule has 0 unspecified atom stereocenters. The van der Waals surface area contributed by atoms with Gasteiger partial charge in [0.05, 0.1) is 7.11 Å². The van der Waals surface area contributed by atoms with Crippen molar-refractivity contribution in [2.24, 2.45) is 5.73 Å². The molecule has 1 aliphatic heterocycles. The van der Waals surface area contributed by atoms with Crippen molar-refractivity contribution < 1.29 is 4.74 Å². The molecule has 0 bridgehead atoms. The molecule has 17 heavy (non-hydrogen) atoms. The SMILES string of the molecule is COc1cccnc1N1CCN(CCN)CC1. The highest BCUT2D eigenvalue weighted by Crippen LogP contribution is 2.25. The van der Waals surface area contributed by atoms with Crippen LogP contribution in [0.2, 0.25) is 0 Å². The Morgan fingerprint density at radius 3 is 2.76 bits per heavy atom. The Bertz CT molecular complexity index is 350. The molecule has 1 saturated heterocycles. The van der Waals surface area contributed by atoms with Crippen LogP contribution in [0, 0.1) is 0 Å². The van der Waals surface area contributed by atoms with Crippen molar-refractivity contribution in [1.29, 1.82) is 0 Å². The van der Waals surface area contributed by atoms with Gasteiger partial charge in [0.1, 0.15) is 0 Å². The number of anilines is 1. The molecule has 0 aromatic carbocycles. The third-order valence-electron chi connectivity index (χ3n) is 3.09. The summed E-state index contributed by atoms with van der Waals surface area (Å²) < 4.78 is 5.34. The average Bonchev–Trinajstić information content (AvgIpc) is 2.40. The van der Waals surface area contributed by atoms with Crippen LogP contribution in [0.4, 0.5) is 5.82 Å². The van der Waals surface area contributed by atoms with E-state index in [0.29, 0.717) is 0 Å². The molecule has 2 N–H and O–H groups in total. The molecule has 2 rings (SSSR count). The first-order chi connectivity index (χ1) is 8.35. The van der Waals surface area contributed by atoms with E-state index in [2.05, 4.69) is 14.8 Å². The zero-order valence-corrected chi connectivity index (χ0v) is 10.3. The summed E-state index contributed by atoms with van der Waals surface area (Å²) in [5, 5.41) is 0. The van der Waals surface area contributed by atoms with Crippen molar-refractivity contribution in [2.45, 2.75) is 0 Å². The van der Waals surface area contributed by atoms with Crippen molar-refractivity contribution in [2.75, 3.05) is 51.3 Å². The highest BCUT2D eigenvalue weighted by atomic mass is 16.5. The second-order valence-electron chi connectivity index (χ2n) is 4.15. The lowest BCUT2D eigenvalue weighted by Crippen LogP contribution is -2.48. The summed E-state index contributed by atoms with van der Waals surface area (Å²) >= 11 is 0. The Balaban J connectivity index is 2.00. The zero-order valence-electron chi connectivity index (χ0n) is 10.3. The lowest BCUT2D eigenvalue weighted by atomic mass is 10.3. The molecule has 2 heterocycles. The number of aromatic nitrogens is 1. The van der Waals surface area contributed by atoms with Crippen molar-refractivity contribution in [3.63, 3.8) is 0 Å². The van der Waals surface area contributed by atoms with Gasteiger partial charge in [-0.05, 0) is 12.1 Å². The lowest BCUT2D eigenvalue weighted by Gasteiger charge is -2.35. The average molecular weight is 236 g/mol. The second-order valence-corrected chi connectivity index (χ2v) is 4.15. The van der Waals surface area contributed by atoms with Crippen LogP contribution in [0.25, 0.3) is 0 Å². The molecule has 0 aliphatic carbocycles. The topological polar surface area (TPSA) is 54.6 Å². The lowest BCUT2D eigenvalue weighted by molar-refractivity contribution is 0.263. The first-order valence-electron chi connectivity index (χ1n) is 6.01. The maximum Gasteiger partial charge on any atom is 0.171 e. The predicted molar refractivity (Wildman–Crippen MR) is 68.5 cm³/mol. The van der Waals surface area contributed by atoms with Gasteiger partial charge in [-0.1, -0.05) is 0 Å². The molecule has 5 nitrogen and oxygen atoms in total. The van der Waals surface area contributed by atoms with Gasteiger partial charge in [-0.25, -0.2) is 4.98 Å². The van der Waals surface area contributed by atoms with Gasteiger partial charge in [0.25, 0.3) is 0 Å². The molecular weight excluding hydrogens is 216 g/mol. The molecule has 1 aromatic rings. The quantitative estimate of drug-likeness (QED) is 0.807. The minimum absolute atomic E-state index is 0.729. The number of nitrogens with two attached hydrogens (primary N) is 1. The molecule has 5 heteroatoms. The molecule has 1 fully saturated rings. The summed E-state index contributed by atoms with van der Waals surface area (Å²) in [5.74, 6) is 1.79. The van der Waals surface area contributed by atoms with Gasteiger partial charge < -0.3 is 15.4 Å². The highest BCUT2D eigenvalue weighted by Gasteiger charge is 2.19. The van der Waals surface area contributed by atoms with Crippen molar-refractivity contribution in [3.8, 4) is 5.75 Å². The predicted octanol–water partition coefficient (Wildman–Crippen LogP) is 0.171. The van der Waals surface area contributed by atoms with Crippen LogP contribution >= 0.6 is 0 Å². The minimum Gasteiger partial charge on any atom is -0.493 e. The first-order valence-corrected chi connectivity index (χ1v) is 6.01. The standard InChI is InChI=1S/C12H20N4O/c1-17-11-3-2-5-14-12(11)16-9-7-15(6-4-13)8-10-16/h2-3,5H,4,6-10,13H2,1H3. The van der Waals surface area contributed by atoms with Crippen LogP contribution < -0.4 is 15.4 Å². The molecule has 0 amide bonds. The second kappa shape index (κ2) is 5.84. The highest BCUT2D eigenvalue weighted by molar-refractivity contribution is 5.52. The molecule has 0 saturated carbocycles. The third kappa shape index (κ3) is 2.87. The molecule has 0 atom stereocenters. The Morgan fingerprint density at radius 1 is 1.35 bits per heavy atom. The van der Waals surface area contributed by atoms with E-state index in [-0.39, 0.29) is 0 Å². The van der Waals surface area contributed by atoms with Crippen LogP contribution in [-0.4, -0.2) is 56.3 Å². The minimum atomic E-state index is 0.729. The van der Waals surface area contributed by atoms with E-state index in [1.54, 1.807) is 7.11 Å². The molecule has 1 aromatic heterocycles. The maximum atomic E-state index is 5.56. The van der Waals surface area contributed by atoms with Gasteiger partial charge in [-0.2, -0.15) is 0 Å². The van der Waals surface area contributed by atoms with E-state index in [0.717, 1.165) is 50.8 Å². The van der Waals surface area contributed by atoms with Crippen molar-refractivity contribution in [3.05, 3.63) is 18.3 Å². The fraction of sp³-hybridized carbons (Fsp3) is 0.583. The largest absolute Gasteiger partial charge is 0.493 e. The van der Waals surface area contributed by atoms with E-state index in [4.69, 9.17) is 10.5 Å². The number of pyridine rings is 1. The fourth-order valence-corrected chi connectivity index (χ4v) is 2.14. The summed E-state index contributed by atoms with van der Waals surface area (Å²) in [7, 11) is 1.69. The van der Waals surface area contributed by atoms with Crippen LogP contribution in [0.15, 0.2) is 18.3 Å². The summed E-state index contributed by atoms with van der Waals surface area (Å²) in [6, 6.07) is 3.85. The van der Waals surface area contributed by atoms with Crippen LogP contribution in [-0.2, 0) is 0 Å². The molecule has 94 valence electrons. The summed E-state index contributed by atoms with van der Waals surface area (Å²) in [6.45, 7) is 5.74. The normalized spacial score (nSPS) is 17.2. The Kier molecular flexibility index (Phi) is 4.17. The van der Waals surface area contributed by atoms with E-state index in [1.807, 2.05) is 18.3 Å². The smallest absolute Gasteiger partial charge is 0.171 e. The molecular formula is C12H20N4O. The Hall–Kier alpha value is -1.33. The molecule has 1 aliphatic rings. The number of hydrogen-bond acceptors (Lipinski definition) is 5. The number of methoxy groups -OCH3 is 1. The van der Waals surface area contributed by atoms with Crippen LogP contribution in [0.3, 0.4) is 0 Å². The monoisotopic (exact) mass is 236 g/mol. The number of ether oxygens (including phenoxy) is 1. The fourth-order valence-electron chi connectivity index (χ4n) is 2.14. The van der Waals surface area contributed by atoms with Gasteiger partial charge in [0.2, 0.25) is 0 Å². The Morgan fingerprint density at radius 2 is 2.12 bits per heavy atom. The van der Waals surface area contributed by atoms with Gasteiger partial charge in [-0.3, -0.25) is 4.90 Å². The third-order valence-corrected chi connectivity index (χ3v) is 3.09. The number of nitrogens with zero attached hydrogens (tertiary/aromatic N) is 3. The van der Waals surface area contributed by atoms with E-state index in [1.165, 1.54) is 0 Å². The first kappa shape index (κ1) is 12.1. The van der Waals surface area contributed by atoms with E-state index < -0.39 is 0 Å². The van der Waals surface area contributed by atoms with Crippen LogP contribution in [0.5, 0.6) is 5.75 Å². The van der Waals surface area contributed by atoms with Crippen molar-refractivity contribution in [1.82, 2.24) is 9.88 Å². The van der Waals surface area contributed by atoms with Crippen molar-refractivity contribution >= 4 is 5.82 Å². The van der Waals surface area contributed by atoms with Crippen LogP contribution in [0.1, 0.15) is 0 Å². The number of piperazine rings is 1.